The number of nitrogens with one attached hydrogen (secondary N) is 1. The van der Waals surface area contributed by atoms with E-state index in [1.807, 2.05) is 74.5 Å². The van der Waals surface area contributed by atoms with Crippen molar-refractivity contribution < 1.29 is 18.7 Å². The van der Waals surface area contributed by atoms with E-state index < -0.39 is 17.5 Å². The third-order valence-corrected chi connectivity index (χ3v) is 5.25. The number of hydrogen-bond acceptors (Lipinski definition) is 5. The Bertz CT molecular complexity index is 1440. The number of carbonyl (C=O) groups excluding carboxylic acids is 2. The summed E-state index contributed by atoms with van der Waals surface area (Å²) in [5.74, 6) is -0.562. The van der Waals surface area contributed by atoms with Gasteiger partial charge in [0.25, 0.3) is 5.91 Å². The lowest BCUT2D eigenvalue weighted by atomic mass is 10.0. The van der Waals surface area contributed by atoms with E-state index in [4.69, 9.17) is 9.15 Å². The molecule has 1 amide bonds. The molecule has 0 radical (unpaired) electrons. The zero-order valence-electron chi connectivity index (χ0n) is 19.5. The highest BCUT2D eigenvalue weighted by Gasteiger charge is 2.17. The first kappa shape index (κ1) is 23.7. The Hall–Kier alpha value is -4.45. The van der Waals surface area contributed by atoms with E-state index in [0.29, 0.717) is 23.1 Å². The maximum absolute atomic E-state index is 13.2. The minimum absolute atomic E-state index is 0.0694. The maximum atomic E-state index is 13.2. The number of carbonyl (C=O) groups is 2. The van der Waals surface area contributed by atoms with Crippen LogP contribution in [0.25, 0.3) is 22.6 Å². The van der Waals surface area contributed by atoms with E-state index in [9.17, 15) is 14.4 Å². The fourth-order valence-corrected chi connectivity index (χ4v) is 3.46. The van der Waals surface area contributed by atoms with Gasteiger partial charge in [0.15, 0.2) is 0 Å². The van der Waals surface area contributed by atoms with Crippen LogP contribution in [0.2, 0.25) is 0 Å². The minimum atomic E-state index is -0.754. The molecule has 3 aromatic carbocycles. The normalized spacial score (nSPS) is 11.5. The quantitative estimate of drug-likeness (QED) is 0.131. The second-order valence-electron chi connectivity index (χ2n) is 8.48. The highest BCUT2D eigenvalue weighted by molar-refractivity contribution is 6.22. The fraction of sp³-hybridized carbons (Fsp3) is 0.138. The molecule has 4 rings (SSSR count). The van der Waals surface area contributed by atoms with Gasteiger partial charge in [-0.05, 0) is 41.3 Å². The summed E-state index contributed by atoms with van der Waals surface area (Å²) in [7, 11) is 0. The Balaban J connectivity index is 1.62. The second-order valence-corrected chi connectivity index (χ2v) is 8.48. The Morgan fingerprint density at radius 1 is 0.943 bits per heavy atom. The Labute approximate surface area is 202 Å². The summed E-state index contributed by atoms with van der Waals surface area (Å²) in [4.78, 5) is 37.9. The predicted molar refractivity (Wildman–Crippen MR) is 136 cm³/mol. The van der Waals surface area contributed by atoms with Crippen LogP contribution < -0.4 is 15.7 Å². The molecule has 0 spiro atoms. The predicted octanol–water partition coefficient (Wildman–Crippen LogP) is 5.33. The largest absolute Gasteiger partial charge is 0.423 e. The van der Waals surface area contributed by atoms with Crippen molar-refractivity contribution in [1.82, 2.24) is 5.32 Å². The summed E-state index contributed by atoms with van der Waals surface area (Å²) in [6, 6.07) is 24.9. The molecular weight excluding hydrogens is 442 g/mol. The average Bonchev–Trinajstić information content (AvgIpc) is 2.86. The topological polar surface area (TPSA) is 85.6 Å². The van der Waals surface area contributed by atoms with E-state index in [-0.39, 0.29) is 22.8 Å². The van der Waals surface area contributed by atoms with Crippen molar-refractivity contribution in [2.45, 2.75) is 13.8 Å². The summed E-state index contributed by atoms with van der Waals surface area (Å²) >= 11 is 0. The van der Waals surface area contributed by atoms with Crippen molar-refractivity contribution in [3.63, 3.8) is 0 Å². The summed E-state index contributed by atoms with van der Waals surface area (Å²) in [5, 5.41) is 3.26. The number of hydrogen-bond donors (Lipinski definition) is 1. The standard InChI is InChI=1S/C29H25NO5/c1-19(2)18-30-27(31)25-16-22-13-14-23(17-26(22)35-29(25)33)34-28(32)24(21-11-7-4-8-12-21)15-20-9-5-3-6-10-20/h3-17,19H,18H2,1-2H3,(H,30,31)/b24-15+. The molecule has 0 unspecified atom stereocenters. The van der Waals surface area contributed by atoms with E-state index in [1.54, 1.807) is 18.2 Å². The average molecular weight is 468 g/mol. The molecule has 4 aromatic rings. The van der Waals surface area contributed by atoms with Gasteiger partial charge in [0.05, 0.1) is 5.57 Å². The highest BCUT2D eigenvalue weighted by atomic mass is 16.5. The van der Waals surface area contributed by atoms with Crippen molar-refractivity contribution in [3.05, 3.63) is 112 Å². The Kier molecular flexibility index (Phi) is 7.21. The van der Waals surface area contributed by atoms with Crippen LogP contribution >= 0.6 is 0 Å². The van der Waals surface area contributed by atoms with Gasteiger partial charge in [0.2, 0.25) is 0 Å². The first-order valence-electron chi connectivity index (χ1n) is 11.3. The molecule has 6 nitrogen and oxygen atoms in total. The van der Waals surface area contributed by atoms with Crippen LogP contribution in [0.3, 0.4) is 0 Å². The van der Waals surface area contributed by atoms with Crippen LogP contribution in [0.4, 0.5) is 0 Å². The van der Waals surface area contributed by atoms with Gasteiger partial charge in [-0.25, -0.2) is 9.59 Å². The van der Waals surface area contributed by atoms with Gasteiger partial charge in [-0.15, -0.1) is 0 Å². The molecule has 0 saturated heterocycles. The van der Waals surface area contributed by atoms with Gasteiger partial charge in [0, 0.05) is 18.0 Å². The molecule has 0 aliphatic heterocycles. The number of benzene rings is 3. The molecule has 0 bridgehead atoms. The van der Waals surface area contributed by atoms with Crippen molar-refractivity contribution >= 4 is 34.5 Å². The summed E-state index contributed by atoms with van der Waals surface area (Å²) in [6.07, 6.45) is 1.76. The third-order valence-electron chi connectivity index (χ3n) is 5.25. The van der Waals surface area contributed by atoms with Crippen LogP contribution in [-0.4, -0.2) is 18.4 Å². The van der Waals surface area contributed by atoms with Crippen molar-refractivity contribution in [2.24, 2.45) is 5.92 Å². The smallest absolute Gasteiger partial charge is 0.349 e. The van der Waals surface area contributed by atoms with Gasteiger partial charge in [-0.1, -0.05) is 74.5 Å². The molecule has 176 valence electrons. The molecule has 1 N–H and O–H groups in total. The number of rotatable bonds is 7. The summed E-state index contributed by atoms with van der Waals surface area (Å²) < 4.78 is 11.0. The van der Waals surface area contributed by atoms with Gasteiger partial charge in [-0.2, -0.15) is 0 Å². The fourth-order valence-electron chi connectivity index (χ4n) is 3.46. The zero-order valence-corrected chi connectivity index (χ0v) is 19.5. The lowest BCUT2D eigenvalue weighted by Gasteiger charge is -2.10. The van der Waals surface area contributed by atoms with Crippen molar-refractivity contribution in [1.29, 1.82) is 0 Å². The van der Waals surface area contributed by atoms with Crippen molar-refractivity contribution in [3.8, 4) is 5.75 Å². The third kappa shape index (κ3) is 5.92. The number of fused-ring (bicyclic) bond motifs is 1. The molecule has 35 heavy (non-hydrogen) atoms. The van der Waals surface area contributed by atoms with Gasteiger partial charge in [0.1, 0.15) is 16.9 Å². The van der Waals surface area contributed by atoms with E-state index in [2.05, 4.69) is 5.32 Å². The first-order valence-corrected chi connectivity index (χ1v) is 11.3. The van der Waals surface area contributed by atoms with Gasteiger partial charge >= 0.3 is 11.6 Å². The van der Waals surface area contributed by atoms with Crippen LogP contribution in [0, 0.1) is 5.92 Å². The maximum Gasteiger partial charge on any atom is 0.349 e. The SMILES string of the molecule is CC(C)CNC(=O)c1cc2ccc(OC(=O)/C(=C/c3ccccc3)c3ccccc3)cc2oc1=O. The summed E-state index contributed by atoms with van der Waals surface area (Å²) in [6.45, 7) is 4.37. The Morgan fingerprint density at radius 2 is 1.63 bits per heavy atom. The Morgan fingerprint density at radius 3 is 2.31 bits per heavy atom. The molecule has 0 aliphatic carbocycles. The van der Waals surface area contributed by atoms with Crippen LogP contribution in [0.15, 0.2) is 94.1 Å². The molecule has 0 aliphatic rings. The van der Waals surface area contributed by atoms with Gasteiger partial charge < -0.3 is 14.5 Å². The van der Waals surface area contributed by atoms with Crippen LogP contribution in [0.5, 0.6) is 5.75 Å². The van der Waals surface area contributed by atoms with E-state index in [1.165, 1.54) is 12.1 Å². The van der Waals surface area contributed by atoms with E-state index >= 15 is 0 Å². The zero-order chi connectivity index (χ0) is 24.8. The molecule has 0 saturated carbocycles. The van der Waals surface area contributed by atoms with Crippen LogP contribution in [0.1, 0.15) is 35.3 Å². The monoisotopic (exact) mass is 467 g/mol. The van der Waals surface area contributed by atoms with Gasteiger partial charge in [-0.3, -0.25) is 4.79 Å². The van der Waals surface area contributed by atoms with Crippen LogP contribution in [-0.2, 0) is 4.79 Å². The number of esters is 1. The van der Waals surface area contributed by atoms with Crippen molar-refractivity contribution in [2.75, 3.05) is 6.54 Å². The lowest BCUT2D eigenvalue weighted by Crippen LogP contribution is -2.31. The number of amides is 1. The molecule has 0 fully saturated rings. The molecule has 0 atom stereocenters. The minimum Gasteiger partial charge on any atom is -0.423 e. The first-order chi connectivity index (χ1) is 16.9. The number of ether oxygens (including phenoxy) is 1. The highest BCUT2D eigenvalue weighted by Crippen LogP contribution is 2.25. The molecule has 6 heteroatoms. The second kappa shape index (κ2) is 10.7. The molecule has 1 aromatic heterocycles. The lowest BCUT2D eigenvalue weighted by molar-refractivity contribution is -0.127. The summed E-state index contributed by atoms with van der Waals surface area (Å²) in [5.41, 5.74) is 1.35. The molecular formula is C29H25NO5. The molecule has 1 heterocycles. The van der Waals surface area contributed by atoms with E-state index in [0.717, 1.165) is 5.56 Å².